The van der Waals surface area contributed by atoms with Gasteiger partial charge in [0.25, 0.3) is 0 Å². The van der Waals surface area contributed by atoms with Crippen molar-refractivity contribution in [2.75, 3.05) is 6.61 Å². The fraction of sp³-hybridized carbons (Fsp3) is 0.667. The Morgan fingerprint density at radius 3 is 2.49 bits per heavy atom. The maximum Gasteiger partial charge on any atom is 0.316 e. The van der Waals surface area contributed by atoms with E-state index in [0.29, 0.717) is 30.4 Å². The molecule has 0 aromatic rings. The summed E-state index contributed by atoms with van der Waals surface area (Å²) >= 11 is 0. The number of aliphatic hydroxyl groups is 3. The molecule has 5 rings (SSSR count). The van der Waals surface area contributed by atoms with Crippen LogP contribution in [0.15, 0.2) is 59.3 Å². The molecule has 1 aliphatic carbocycles. The van der Waals surface area contributed by atoms with Crippen LogP contribution in [-0.4, -0.2) is 75.9 Å². The summed E-state index contributed by atoms with van der Waals surface area (Å²) in [4.78, 5) is 13.9. The van der Waals surface area contributed by atoms with Crippen LogP contribution in [0.4, 0.5) is 0 Å². The molecule has 41 heavy (non-hydrogen) atoms. The lowest BCUT2D eigenvalue weighted by Gasteiger charge is -2.48. The number of rotatable bonds is 1. The summed E-state index contributed by atoms with van der Waals surface area (Å²) in [5.74, 6) is -2.40. The maximum atomic E-state index is 13.9. The molecular weight excluding hydrogens is 524 g/mol. The first-order chi connectivity index (χ1) is 19.3. The van der Waals surface area contributed by atoms with Gasteiger partial charge in [0, 0.05) is 24.7 Å². The molecule has 0 aromatic carbocycles. The van der Waals surface area contributed by atoms with Crippen molar-refractivity contribution in [3.05, 3.63) is 59.3 Å². The number of carbonyl (C=O) groups is 1. The number of ether oxygens (including phenoxy) is 4. The van der Waals surface area contributed by atoms with Gasteiger partial charge in [-0.3, -0.25) is 4.79 Å². The highest BCUT2D eigenvalue weighted by atomic mass is 16.7. The Morgan fingerprint density at radius 1 is 1.00 bits per heavy atom. The number of esters is 1. The first-order valence-corrected chi connectivity index (χ1v) is 15.0. The Labute approximate surface area is 243 Å². The van der Waals surface area contributed by atoms with Crippen LogP contribution in [0.2, 0.25) is 0 Å². The van der Waals surface area contributed by atoms with Crippen LogP contribution in [0.5, 0.6) is 0 Å². The monoisotopic (exact) mass is 570 g/mol. The van der Waals surface area contributed by atoms with E-state index in [1.54, 1.807) is 25.2 Å². The van der Waals surface area contributed by atoms with Crippen molar-refractivity contribution < 1.29 is 39.1 Å². The highest BCUT2D eigenvalue weighted by Crippen LogP contribution is 2.46. The predicted octanol–water partition coefficient (Wildman–Crippen LogP) is 3.92. The molecule has 0 amide bonds. The third-order valence-corrected chi connectivity index (χ3v) is 9.51. The molecule has 5 aliphatic rings. The van der Waals surface area contributed by atoms with Crippen molar-refractivity contribution in [1.29, 1.82) is 0 Å². The van der Waals surface area contributed by atoms with E-state index in [1.165, 1.54) is 0 Å². The van der Waals surface area contributed by atoms with Crippen LogP contribution in [0, 0.1) is 23.7 Å². The van der Waals surface area contributed by atoms with Gasteiger partial charge < -0.3 is 34.3 Å². The van der Waals surface area contributed by atoms with E-state index in [1.807, 2.05) is 32.1 Å². The number of hydrogen-bond acceptors (Lipinski definition) is 8. The lowest BCUT2D eigenvalue weighted by atomic mass is 9.71. The molecule has 4 aliphatic heterocycles. The molecule has 2 bridgehead atoms. The second-order valence-corrected chi connectivity index (χ2v) is 13.0. The fourth-order valence-corrected chi connectivity index (χ4v) is 7.03. The molecular formula is C33H46O8. The summed E-state index contributed by atoms with van der Waals surface area (Å²) in [5.41, 5.74) is 0.0972. The average Bonchev–Trinajstić information content (AvgIpc) is 3.26. The Bertz CT molecular complexity index is 1170. The van der Waals surface area contributed by atoms with Gasteiger partial charge >= 0.3 is 5.97 Å². The maximum absolute atomic E-state index is 13.9. The van der Waals surface area contributed by atoms with Crippen molar-refractivity contribution in [1.82, 2.24) is 0 Å². The summed E-state index contributed by atoms with van der Waals surface area (Å²) in [6, 6.07) is 0. The number of allylic oxidation sites excluding steroid dienone is 2. The Morgan fingerprint density at radius 2 is 1.76 bits per heavy atom. The topological polar surface area (TPSA) is 115 Å². The smallest absolute Gasteiger partial charge is 0.316 e. The van der Waals surface area contributed by atoms with Gasteiger partial charge in [0.2, 0.25) is 0 Å². The van der Waals surface area contributed by atoms with Crippen LogP contribution < -0.4 is 0 Å². The minimum atomic E-state index is -1.77. The van der Waals surface area contributed by atoms with E-state index < -0.39 is 47.7 Å². The zero-order chi connectivity index (χ0) is 29.7. The van der Waals surface area contributed by atoms with Gasteiger partial charge in [-0.05, 0) is 49.0 Å². The van der Waals surface area contributed by atoms with Crippen molar-refractivity contribution >= 4 is 5.97 Å². The van der Waals surface area contributed by atoms with Gasteiger partial charge in [-0.2, -0.15) is 0 Å². The molecule has 1 spiro atoms. The minimum Gasteiger partial charge on any atom is -0.462 e. The number of fused-ring (bicyclic) bond motifs is 2. The molecule has 226 valence electrons. The molecule has 2 saturated heterocycles. The van der Waals surface area contributed by atoms with Gasteiger partial charge in [0.1, 0.15) is 29.8 Å². The number of carbonyl (C=O) groups excluding carboxylic acids is 1. The van der Waals surface area contributed by atoms with Crippen LogP contribution in [0.3, 0.4) is 0 Å². The van der Waals surface area contributed by atoms with Crippen LogP contribution >= 0.6 is 0 Å². The predicted molar refractivity (Wildman–Crippen MR) is 153 cm³/mol. The quantitative estimate of drug-likeness (QED) is 0.321. The molecule has 0 aromatic heterocycles. The molecule has 4 heterocycles. The summed E-state index contributed by atoms with van der Waals surface area (Å²) in [5, 5.41) is 33.9. The van der Waals surface area contributed by atoms with E-state index in [0.717, 1.165) is 5.57 Å². The van der Waals surface area contributed by atoms with Gasteiger partial charge in [0.15, 0.2) is 5.79 Å². The van der Waals surface area contributed by atoms with E-state index in [4.69, 9.17) is 18.9 Å². The van der Waals surface area contributed by atoms with Crippen LogP contribution in [-0.2, 0) is 23.7 Å². The second kappa shape index (κ2) is 11.5. The van der Waals surface area contributed by atoms with Gasteiger partial charge in [-0.25, -0.2) is 0 Å². The molecule has 8 nitrogen and oxygen atoms in total. The summed E-state index contributed by atoms with van der Waals surface area (Å²) in [6.07, 6.45) is 10.7. The Hall–Kier alpha value is -2.07. The zero-order valence-electron chi connectivity index (χ0n) is 25.0. The highest BCUT2D eigenvalue weighted by molar-refractivity contribution is 5.78. The molecule has 11 atom stereocenters. The van der Waals surface area contributed by atoms with Crippen LogP contribution in [0.1, 0.15) is 60.8 Å². The summed E-state index contributed by atoms with van der Waals surface area (Å²) in [7, 11) is 0. The SMILES string of the molecule is CC1=CC2C(=O)OC3C[C@@H](C/C=C(\C)[C@@H](O)[C@@H](C)/C=C/C=C4\CO[C@H](C1O)[C@@]42O)O[C@@]1(C=C[C@H](C)C(C(C)C)O1)C3. The molecule has 8 heteroatoms. The zero-order valence-corrected chi connectivity index (χ0v) is 25.0. The first kappa shape index (κ1) is 30.4. The Kier molecular flexibility index (Phi) is 8.56. The molecule has 0 radical (unpaired) electrons. The molecule has 4 unspecified atom stereocenters. The largest absolute Gasteiger partial charge is 0.462 e. The van der Waals surface area contributed by atoms with E-state index >= 15 is 0 Å². The third-order valence-electron chi connectivity index (χ3n) is 9.51. The van der Waals surface area contributed by atoms with E-state index in [9.17, 15) is 20.1 Å². The van der Waals surface area contributed by atoms with E-state index in [2.05, 4.69) is 26.8 Å². The standard InChI is InChI=1S/C33H46O8/c1-18(2)29-21(5)12-13-32(41-29)16-25-15-24(40-32)11-10-20(4)27(34)19(3)8-7-9-23-17-38-30-28(35)22(6)14-26(31(36)39-25)33(23,30)37/h7-10,12-14,18-19,21,24-30,34-35,37H,11,15-17H2,1-6H3/b8-7+,20-10+,23-9+/t19-,21-,24+,25?,26?,27-,28?,29?,30+,32+,33+/m0/s1. The van der Waals surface area contributed by atoms with Gasteiger partial charge in [-0.15, -0.1) is 0 Å². The van der Waals surface area contributed by atoms with Crippen LogP contribution in [0.25, 0.3) is 0 Å². The molecule has 3 N–H and O–H groups in total. The van der Waals surface area contributed by atoms with Gasteiger partial charge in [0.05, 0.1) is 24.9 Å². The number of hydrogen-bond donors (Lipinski definition) is 3. The summed E-state index contributed by atoms with van der Waals surface area (Å²) in [6.45, 7) is 12.0. The fourth-order valence-electron chi connectivity index (χ4n) is 7.03. The third kappa shape index (κ3) is 5.67. The highest BCUT2D eigenvalue weighted by Gasteiger charge is 2.60. The average molecular weight is 571 g/mol. The van der Waals surface area contributed by atoms with Crippen molar-refractivity contribution in [2.45, 2.75) is 109 Å². The van der Waals surface area contributed by atoms with Crippen molar-refractivity contribution in [3.8, 4) is 0 Å². The minimum absolute atomic E-state index is 0.0603. The van der Waals surface area contributed by atoms with Crippen molar-refractivity contribution in [2.24, 2.45) is 23.7 Å². The van der Waals surface area contributed by atoms with Gasteiger partial charge in [-0.1, -0.05) is 64.2 Å². The Balaban J connectivity index is 1.55. The lowest BCUT2D eigenvalue weighted by Crippen LogP contribution is -2.58. The summed E-state index contributed by atoms with van der Waals surface area (Å²) < 4.78 is 25.3. The lowest BCUT2D eigenvalue weighted by molar-refractivity contribution is -0.299. The normalized spacial score (nSPS) is 48.5. The first-order valence-electron chi connectivity index (χ1n) is 15.0. The molecule has 0 saturated carbocycles. The number of aliphatic hydroxyl groups excluding tert-OH is 2. The van der Waals surface area contributed by atoms with E-state index in [-0.39, 0.29) is 36.6 Å². The second-order valence-electron chi connectivity index (χ2n) is 13.0. The molecule has 2 fully saturated rings. The van der Waals surface area contributed by atoms with Crippen molar-refractivity contribution in [3.63, 3.8) is 0 Å².